The Balaban J connectivity index is 1.54. The van der Waals surface area contributed by atoms with Crippen LogP contribution in [0.1, 0.15) is 58.3 Å². The van der Waals surface area contributed by atoms with Crippen LogP contribution in [0.15, 0.2) is 23.8 Å². The first-order chi connectivity index (χ1) is 12.6. The van der Waals surface area contributed by atoms with Crippen molar-refractivity contribution in [2.75, 3.05) is 13.2 Å². The summed E-state index contributed by atoms with van der Waals surface area (Å²) in [4.78, 5) is 12.0. The zero-order chi connectivity index (χ0) is 17.9. The van der Waals surface area contributed by atoms with Crippen molar-refractivity contribution in [3.8, 4) is 0 Å². The fraction of sp³-hybridized carbons (Fsp3) is 0.783. The zero-order valence-electron chi connectivity index (χ0n) is 16.0. The Labute approximate surface area is 156 Å². The molecule has 0 amide bonds. The van der Waals surface area contributed by atoms with Gasteiger partial charge in [-0.15, -0.1) is 0 Å². The van der Waals surface area contributed by atoms with E-state index >= 15 is 0 Å². The molecule has 1 aliphatic heterocycles. The third-order valence-corrected chi connectivity index (χ3v) is 9.04. The van der Waals surface area contributed by atoms with Crippen molar-refractivity contribution in [3.05, 3.63) is 23.8 Å². The highest BCUT2D eigenvalue weighted by molar-refractivity contribution is 5.91. The monoisotopic (exact) mass is 356 g/mol. The topological polar surface area (TPSA) is 46.5 Å². The summed E-state index contributed by atoms with van der Waals surface area (Å²) < 4.78 is 6.40. The lowest BCUT2D eigenvalue weighted by molar-refractivity contribution is -0.137. The molecule has 4 aliphatic carbocycles. The second-order valence-corrected chi connectivity index (χ2v) is 9.52. The number of carbonyl (C=O) groups excluding carboxylic acids is 1. The fourth-order valence-electron chi connectivity index (χ4n) is 8.11. The summed E-state index contributed by atoms with van der Waals surface area (Å²) in [6, 6.07) is 0. The van der Waals surface area contributed by atoms with E-state index < -0.39 is 0 Å². The molecule has 26 heavy (non-hydrogen) atoms. The van der Waals surface area contributed by atoms with Crippen molar-refractivity contribution >= 4 is 5.78 Å². The Kier molecular flexibility index (Phi) is 3.99. The lowest BCUT2D eigenvalue weighted by Crippen LogP contribution is -2.55. The molecule has 5 aliphatic rings. The molecule has 0 radical (unpaired) electrons. The van der Waals surface area contributed by atoms with Crippen LogP contribution in [0.25, 0.3) is 0 Å². The summed E-state index contributed by atoms with van der Waals surface area (Å²) in [5, 5.41) is 10.3. The van der Waals surface area contributed by atoms with Crippen molar-refractivity contribution < 1.29 is 14.6 Å². The molecule has 1 heterocycles. The predicted octanol–water partition coefficient (Wildman–Crippen LogP) is 4.06. The van der Waals surface area contributed by atoms with Gasteiger partial charge >= 0.3 is 0 Å². The third kappa shape index (κ3) is 2.10. The Bertz CT molecular complexity index is 664. The average molecular weight is 357 g/mol. The van der Waals surface area contributed by atoms with Crippen LogP contribution in [0.5, 0.6) is 0 Å². The molecule has 5 rings (SSSR count). The van der Waals surface area contributed by atoms with E-state index in [2.05, 4.69) is 19.1 Å². The minimum Gasteiger partial charge on any atom is -0.396 e. The highest BCUT2D eigenvalue weighted by Gasteiger charge is 2.65. The molecule has 1 N–H and O–H groups in total. The van der Waals surface area contributed by atoms with E-state index in [9.17, 15) is 9.90 Å². The number of ketones is 1. The minimum absolute atomic E-state index is 0.0456. The van der Waals surface area contributed by atoms with Crippen LogP contribution >= 0.6 is 0 Å². The Morgan fingerprint density at radius 2 is 2.15 bits per heavy atom. The van der Waals surface area contributed by atoms with Gasteiger partial charge in [0.25, 0.3) is 0 Å². The lowest BCUT2D eigenvalue weighted by atomic mass is 9.47. The molecule has 0 bridgehead atoms. The van der Waals surface area contributed by atoms with Gasteiger partial charge in [-0.05, 0) is 80.6 Å². The van der Waals surface area contributed by atoms with E-state index in [-0.39, 0.29) is 17.6 Å². The van der Waals surface area contributed by atoms with E-state index in [4.69, 9.17) is 4.74 Å². The second-order valence-electron chi connectivity index (χ2n) is 9.52. The average Bonchev–Trinajstić information content (AvgIpc) is 3.27. The molecule has 0 aromatic carbocycles. The molecular weight excluding hydrogens is 324 g/mol. The number of ether oxygens (including phenoxy) is 1. The van der Waals surface area contributed by atoms with Crippen molar-refractivity contribution in [2.45, 2.75) is 63.9 Å². The maximum Gasteiger partial charge on any atom is 0.155 e. The van der Waals surface area contributed by atoms with Gasteiger partial charge in [-0.25, -0.2) is 0 Å². The molecule has 0 aromatic rings. The molecule has 3 saturated carbocycles. The molecule has 0 aromatic heterocycles. The molecule has 3 fully saturated rings. The first-order valence-corrected chi connectivity index (χ1v) is 10.8. The normalized spacial score (nSPS) is 49.7. The van der Waals surface area contributed by atoms with Crippen LogP contribution in [-0.2, 0) is 9.53 Å². The van der Waals surface area contributed by atoms with Crippen LogP contribution < -0.4 is 0 Å². The molecule has 1 spiro atoms. The maximum atomic E-state index is 12.0. The van der Waals surface area contributed by atoms with E-state index in [1.807, 2.05) is 6.08 Å². The Morgan fingerprint density at radius 3 is 2.88 bits per heavy atom. The van der Waals surface area contributed by atoms with Gasteiger partial charge in [0, 0.05) is 18.4 Å². The van der Waals surface area contributed by atoms with Gasteiger partial charge in [-0.3, -0.25) is 4.79 Å². The van der Waals surface area contributed by atoms with Gasteiger partial charge in [0.1, 0.15) is 0 Å². The van der Waals surface area contributed by atoms with Crippen LogP contribution in [0, 0.1) is 35.0 Å². The molecule has 3 nitrogen and oxygen atoms in total. The van der Waals surface area contributed by atoms with Gasteiger partial charge < -0.3 is 9.84 Å². The summed E-state index contributed by atoms with van der Waals surface area (Å²) in [7, 11) is 0. The summed E-state index contributed by atoms with van der Waals surface area (Å²) in [5.74, 6) is 3.13. The number of carbonyl (C=O) groups is 1. The molecule has 142 valence electrons. The highest BCUT2D eigenvalue weighted by Crippen LogP contribution is 2.68. The number of aliphatic hydroxyl groups is 1. The summed E-state index contributed by atoms with van der Waals surface area (Å²) in [6.45, 7) is 3.39. The third-order valence-electron chi connectivity index (χ3n) is 9.04. The summed E-state index contributed by atoms with van der Waals surface area (Å²) >= 11 is 0. The Hall–Kier alpha value is -0.930. The van der Waals surface area contributed by atoms with Crippen LogP contribution in [-0.4, -0.2) is 29.7 Å². The van der Waals surface area contributed by atoms with Crippen molar-refractivity contribution in [2.24, 2.45) is 35.0 Å². The molecule has 3 heteroatoms. The number of aliphatic hydroxyl groups excluding tert-OH is 1. The van der Waals surface area contributed by atoms with Crippen molar-refractivity contribution in [1.82, 2.24) is 0 Å². The number of rotatable bonds is 2. The van der Waals surface area contributed by atoms with Crippen LogP contribution in [0.2, 0.25) is 0 Å². The molecule has 0 saturated heterocycles. The van der Waals surface area contributed by atoms with Crippen LogP contribution in [0.3, 0.4) is 0 Å². The summed E-state index contributed by atoms with van der Waals surface area (Å²) in [6.07, 6.45) is 15.3. The largest absolute Gasteiger partial charge is 0.396 e. The van der Waals surface area contributed by atoms with Gasteiger partial charge in [0.05, 0.1) is 12.2 Å². The van der Waals surface area contributed by atoms with Gasteiger partial charge in [0.15, 0.2) is 5.78 Å². The highest BCUT2D eigenvalue weighted by atomic mass is 16.5. The molecule has 7 atom stereocenters. The molecule has 3 unspecified atom stereocenters. The lowest BCUT2D eigenvalue weighted by Gasteiger charge is -2.58. The van der Waals surface area contributed by atoms with E-state index in [1.165, 1.54) is 31.3 Å². The van der Waals surface area contributed by atoms with E-state index in [0.29, 0.717) is 35.4 Å². The minimum atomic E-state index is -0.0456. The van der Waals surface area contributed by atoms with Gasteiger partial charge in [0.2, 0.25) is 0 Å². The number of allylic oxidation sites excluding steroid dienone is 1. The summed E-state index contributed by atoms with van der Waals surface area (Å²) in [5.41, 5.74) is 1.56. The fourth-order valence-corrected chi connectivity index (χ4v) is 8.11. The zero-order valence-corrected chi connectivity index (χ0v) is 16.0. The number of fused-ring (bicyclic) bond motifs is 6. The van der Waals surface area contributed by atoms with E-state index in [1.54, 1.807) is 0 Å². The second kappa shape index (κ2) is 6.04. The first kappa shape index (κ1) is 17.2. The predicted molar refractivity (Wildman–Crippen MR) is 100 cm³/mol. The number of hydrogen-bond donors (Lipinski definition) is 1. The quantitative estimate of drug-likeness (QED) is 0.759. The first-order valence-electron chi connectivity index (χ1n) is 10.8. The smallest absolute Gasteiger partial charge is 0.155 e. The van der Waals surface area contributed by atoms with Gasteiger partial charge in [-0.1, -0.05) is 24.6 Å². The number of hydrogen-bond acceptors (Lipinski definition) is 3. The SMILES string of the molecule is CC[C@]12CCC3C(C1CC[C@@]21C=CCO1)[C@@H](CO)CC1=CC(=O)CC[C@@H]13. The van der Waals surface area contributed by atoms with Crippen molar-refractivity contribution in [3.63, 3.8) is 0 Å². The molecular formula is C23H32O3. The van der Waals surface area contributed by atoms with Crippen LogP contribution in [0.4, 0.5) is 0 Å². The standard InChI is InChI=1S/C23H32O3/c1-2-22-9-6-19-18-5-4-17(25)13-15(18)12-16(14-24)21(19)20(22)7-10-23(22)8-3-11-26-23/h3,8,13,16,18-21,24H,2,4-7,9-12,14H2,1H3/t16-,18+,19?,20?,21?,22+,23+/m1/s1. The van der Waals surface area contributed by atoms with Crippen molar-refractivity contribution in [1.29, 1.82) is 0 Å². The van der Waals surface area contributed by atoms with Gasteiger partial charge in [-0.2, -0.15) is 0 Å². The van der Waals surface area contributed by atoms with E-state index in [0.717, 1.165) is 32.3 Å². The maximum absolute atomic E-state index is 12.0. The Morgan fingerprint density at radius 1 is 1.27 bits per heavy atom.